The molecule has 0 atom stereocenters. The van der Waals surface area contributed by atoms with E-state index in [0.717, 1.165) is 0 Å². The summed E-state index contributed by atoms with van der Waals surface area (Å²) in [5.41, 5.74) is 0.726. The van der Waals surface area contributed by atoms with Crippen LogP contribution in [0.1, 0.15) is 48.4 Å². The van der Waals surface area contributed by atoms with Gasteiger partial charge >= 0.3 is 18.9 Å². The average molecular weight is 149 g/mol. The summed E-state index contributed by atoms with van der Waals surface area (Å²) in [7, 11) is 0. The number of nitrogens with one attached hydrogen (secondary N) is 1. The molecule has 62 valence electrons. The van der Waals surface area contributed by atoms with Gasteiger partial charge in [0.05, 0.1) is 0 Å². The average Bonchev–Trinajstić information content (AvgIpc) is 1.56. The summed E-state index contributed by atoms with van der Waals surface area (Å²) < 4.78 is 0. The van der Waals surface area contributed by atoms with Crippen molar-refractivity contribution in [3.8, 4) is 0 Å². The molecule has 0 radical (unpaired) electrons. The van der Waals surface area contributed by atoms with Gasteiger partial charge in [-0.3, -0.25) is 0 Å². The van der Waals surface area contributed by atoms with Crippen molar-refractivity contribution >= 4 is 0 Å². The second kappa shape index (κ2) is 3.52. The standard InChI is InChI=1S/C9H19N.Li.H/c1-8(2)6-5-7-9(3,4)10-8;;/h10H,5-7H2,1-4H3;;/q;+1;-1. The normalized spacial score (nSPS) is 27.3. The molecular formula is C9H20LiN. The van der Waals surface area contributed by atoms with E-state index in [2.05, 4.69) is 33.0 Å². The molecule has 1 rings (SSSR count). The summed E-state index contributed by atoms with van der Waals surface area (Å²) in [5.74, 6) is 0. The van der Waals surface area contributed by atoms with E-state index >= 15 is 0 Å². The number of hydrogen-bond acceptors (Lipinski definition) is 1. The SMILES string of the molecule is CC1(C)CCCC(C)(C)N1.[H-].[Li+]. The van der Waals surface area contributed by atoms with Gasteiger partial charge in [0.1, 0.15) is 0 Å². The maximum Gasteiger partial charge on any atom is 1.00 e. The summed E-state index contributed by atoms with van der Waals surface area (Å²) in [6.07, 6.45) is 4.00. The first-order chi connectivity index (χ1) is 4.41. The van der Waals surface area contributed by atoms with Crippen LogP contribution in [-0.2, 0) is 0 Å². The second-order valence-electron chi connectivity index (χ2n) is 4.75. The fraction of sp³-hybridized carbons (Fsp3) is 1.00. The minimum Gasteiger partial charge on any atom is -1.00 e. The fourth-order valence-electron chi connectivity index (χ4n) is 2.01. The topological polar surface area (TPSA) is 12.0 Å². The van der Waals surface area contributed by atoms with E-state index in [0.29, 0.717) is 11.1 Å². The van der Waals surface area contributed by atoms with E-state index in [1.54, 1.807) is 0 Å². The van der Waals surface area contributed by atoms with Gasteiger partial charge in [0.2, 0.25) is 0 Å². The molecule has 1 N–H and O–H groups in total. The van der Waals surface area contributed by atoms with Crippen LogP contribution in [0.2, 0.25) is 0 Å². The van der Waals surface area contributed by atoms with Crippen molar-refractivity contribution in [2.24, 2.45) is 0 Å². The largest absolute Gasteiger partial charge is 1.00 e. The Hall–Kier alpha value is 0.557. The maximum absolute atomic E-state index is 3.63. The van der Waals surface area contributed by atoms with Crippen molar-refractivity contribution in [1.82, 2.24) is 5.32 Å². The Labute approximate surface area is 84.0 Å². The predicted molar refractivity (Wildman–Crippen MR) is 46.3 cm³/mol. The number of rotatable bonds is 0. The molecule has 1 heterocycles. The molecule has 0 spiro atoms. The van der Waals surface area contributed by atoms with Crippen molar-refractivity contribution in [2.45, 2.75) is 58.0 Å². The third-order valence-electron chi connectivity index (χ3n) is 2.28. The van der Waals surface area contributed by atoms with Crippen LogP contribution in [0.5, 0.6) is 0 Å². The Morgan fingerprint density at radius 2 is 1.36 bits per heavy atom. The van der Waals surface area contributed by atoms with E-state index in [-0.39, 0.29) is 20.3 Å². The van der Waals surface area contributed by atoms with Gasteiger partial charge in [-0.05, 0) is 47.0 Å². The molecule has 0 aliphatic carbocycles. The maximum atomic E-state index is 3.63. The minimum atomic E-state index is 0. The van der Waals surface area contributed by atoms with Crippen LogP contribution in [-0.4, -0.2) is 11.1 Å². The molecule has 0 amide bonds. The van der Waals surface area contributed by atoms with Gasteiger partial charge in [-0.25, -0.2) is 0 Å². The zero-order chi connectivity index (χ0) is 7.83. The van der Waals surface area contributed by atoms with E-state index in [4.69, 9.17) is 0 Å². The van der Waals surface area contributed by atoms with Crippen molar-refractivity contribution in [1.29, 1.82) is 0 Å². The van der Waals surface area contributed by atoms with Gasteiger partial charge in [-0.2, -0.15) is 0 Å². The second-order valence-corrected chi connectivity index (χ2v) is 4.75. The van der Waals surface area contributed by atoms with Crippen molar-refractivity contribution < 1.29 is 20.3 Å². The molecule has 1 saturated heterocycles. The quantitative estimate of drug-likeness (QED) is 0.455. The van der Waals surface area contributed by atoms with Crippen LogP contribution in [0.15, 0.2) is 0 Å². The smallest absolute Gasteiger partial charge is 1.00 e. The molecule has 0 unspecified atom stereocenters. The molecule has 0 aromatic heterocycles. The molecule has 0 aromatic carbocycles. The van der Waals surface area contributed by atoms with E-state index in [9.17, 15) is 0 Å². The van der Waals surface area contributed by atoms with Gasteiger partial charge in [0.25, 0.3) is 0 Å². The van der Waals surface area contributed by atoms with E-state index in [1.807, 2.05) is 0 Å². The molecule has 2 heteroatoms. The van der Waals surface area contributed by atoms with Crippen LogP contribution < -0.4 is 24.2 Å². The zero-order valence-electron chi connectivity index (χ0n) is 9.62. The number of piperidine rings is 1. The van der Waals surface area contributed by atoms with Gasteiger partial charge < -0.3 is 6.74 Å². The molecular weight excluding hydrogens is 129 g/mol. The number of hydrogen-bond donors (Lipinski definition) is 1. The molecule has 1 fully saturated rings. The Kier molecular flexibility index (Phi) is 3.70. The molecule has 11 heavy (non-hydrogen) atoms. The van der Waals surface area contributed by atoms with Crippen molar-refractivity contribution in [3.05, 3.63) is 0 Å². The van der Waals surface area contributed by atoms with Crippen LogP contribution in [0, 0.1) is 0 Å². The molecule has 0 saturated carbocycles. The predicted octanol–water partition coefficient (Wildman–Crippen LogP) is -0.566. The third-order valence-corrected chi connectivity index (χ3v) is 2.28. The third kappa shape index (κ3) is 3.65. The van der Waals surface area contributed by atoms with Crippen LogP contribution in [0.3, 0.4) is 0 Å². The first kappa shape index (κ1) is 11.6. The Balaban J connectivity index is 0. The first-order valence-corrected chi connectivity index (χ1v) is 4.21. The van der Waals surface area contributed by atoms with Crippen molar-refractivity contribution in [2.75, 3.05) is 0 Å². The summed E-state index contributed by atoms with van der Waals surface area (Å²) in [6.45, 7) is 9.14. The molecule has 0 aromatic rings. The summed E-state index contributed by atoms with van der Waals surface area (Å²) in [5, 5.41) is 3.63. The summed E-state index contributed by atoms with van der Waals surface area (Å²) in [6, 6.07) is 0. The fourth-order valence-corrected chi connectivity index (χ4v) is 2.01. The zero-order valence-corrected chi connectivity index (χ0v) is 8.62. The molecule has 0 bridgehead atoms. The van der Waals surface area contributed by atoms with Gasteiger partial charge in [0.15, 0.2) is 0 Å². The van der Waals surface area contributed by atoms with Crippen molar-refractivity contribution in [3.63, 3.8) is 0 Å². The molecule has 1 nitrogen and oxygen atoms in total. The van der Waals surface area contributed by atoms with E-state index in [1.165, 1.54) is 19.3 Å². The molecule has 1 aliphatic heterocycles. The Morgan fingerprint density at radius 3 is 1.55 bits per heavy atom. The minimum absolute atomic E-state index is 0. The first-order valence-electron chi connectivity index (χ1n) is 4.21. The summed E-state index contributed by atoms with van der Waals surface area (Å²) >= 11 is 0. The van der Waals surface area contributed by atoms with Crippen LogP contribution in [0.4, 0.5) is 0 Å². The van der Waals surface area contributed by atoms with E-state index < -0.39 is 0 Å². The van der Waals surface area contributed by atoms with Gasteiger partial charge in [-0.1, -0.05) is 0 Å². The summed E-state index contributed by atoms with van der Waals surface area (Å²) in [4.78, 5) is 0. The van der Waals surface area contributed by atoms with Crippen LogP contribution in [0.25, 0.3) is 0 Å². The van der Waals surface area contributed by atoms with Gasteiger partial charge in [0, 0.05) is 11.1 Å². The molecule has 1 aliphatic rings. The monoisotopic (exact) mass is 149 g/mol. The van der Waals surface area contributed by atoms with Crippen LogP contribution >= 0.6 is 0 Å². The van der Waals surface area contributed by atoms with Gasteiger partial charge in [-0.15, -0.1) is 0 Å². The Bertz CT molecular complexity index is 120. The Morgan fingerprint density at radius 1 is 1.00 bits per heavy atom.